The number of carbonyl (C=O) groups excluding carboxylic acids is 1. The van der Waals surface area contributed by atoms with Gasteiger partial charge in [0.2, 0.25) is 0 Å². The Bertz CT molecular complexity index is 1070. The fourth-order valence-corrected chi connectivity index (χ4v) is 5.97. The molecule has 8 unspecified atom stereocenters. The van der Waals surface area contributed by atoms with Crippen LogP contribution in [0.2, 0.25) is 0 Å². The third-order valence-corrected chi connectivity index (χ3v) is 8.53. The van der Waals surface area contributed by atoms with Gasteiger partial charge in [0.25, 0.3) is 5.91 Å². The molecule has 2 heterocycles. The van der Waals surface area contributed by atoms with Crippen LogP contribution in [0.15, 0.2) is 16.8 Å². The molecule has 0 spiro atoms. The summed E-state index contributed by atoms with van der Waals surface area (Å²) in [5.74, 6) is -0.417. The summed E-state index contributed by atoms with van der Waals surface area (Å²) in [6, 6.07) is -2.54. The second kappa shape index (κ2) is 17.5. The SMILES string of the molecule is CN.C[C@]1(O)COC(O[C@H]2C(NC(=O)C3(O)CC3N=C(N)N)CC(N)[C@@H](O[C@@H]3CCC=C(CNCC(O)CCCN)O3)C2O)C(O)C1. The maximum atomic E-state index is 13.1. The van der Waals surface area contributed by atoms with Gasteiger partial charge >= 0.3 is 0 Å². The first kappa shape index (κ1) is 39.2. The molecular weight excluding hydrogens is 620 g/mol. The topological polar surface area (TPSA) is 322 Å². The van der Waals surface area contributed by atoms with Gasteiger partial charge in [-0.1, -0.05) is 0 Å². The van der Waals surface area contributed by atoms with Crippen molar-refractivity contribution in [2.75, 3.05) is 33.3 Å². The van der Waals surface area contributed by atoms with Crippen molar-refractivity contribution in [3.05, 3.63) is 11.8 Å². The molecule has 1 saturated heterocycles. The van der Waals surface area contributed by atoms with Crippen molar-refractivity contribution in [1.82, 2.24) is 10.6 Å². The number of carbonyl (C=O) groups is 1. The lowest BCUT2D eigenvalue weighted by Gasteiger charge is -2.47. The summed E-state index contributed by atoms with van der Waals surface area (Å²) in [5, 5.41) is 59.2. The highest BCUT2D eigenvalue weighted by molar-refractivity contribution is 5.90. The van der Waals surface area contributed by atoms with Gasteiger partial charge in [-0.2, -0.15) is 0 Å². The first-order chi connectivity index (χ1) is 22.2. The zero-order chi connectivity index (χ0) is 34.9. The minimum absolute atomic E-state index is 0.00520. The molecule has 17 N–H and O–H groups in total. The Kier molecular flexibility index (Phi) is 14.6. The molecule has 0 bridgehead atoms. The molecule has 0 aromatic carbocycles. The van der Waals surface area contributed by atoms with E-state index in [-0.39, 0.29) is 31.8 Å². The quantitative estimate of drug-likeness (QED) is 0.0607. The molecule has 18 nitrogen and oxygen atoms in total. The van der Waals surface area contributed by atoms with E-state index >= 15 is 0 Å². The molecule has 47 heavy (non-hydrogen) atoms. The van der Waals surface area contributed by atoms with Crippen LogP contribution in [0.5, 0.6) is 0 Å². The number of nitrogens with one attached hydrogen (secondary N) is 2. The molecule has 2 saturated carbocycles. The van der Waals surface area contributed by atoms with Crippen molar-refractivity contribution in [1.29, 1.82) is 0 Å². The average molecular weight is 677 g/mol. The molecular formula is C29H56N8O10. The summed E-state index contributed by atoms with van der Waals surface area (Å²) in [6.07, 6.45) is -2.95. The molecule has 272 valence electrons. The van der Waals surface area contributed by atoms with E-state index < -0.39 is 78.3 Å². The summed E-state index contributed by atoms with van der Waals surface area (Å²) >= 11 is 0. The molecule has 3 fully saturated rings. The van der Waals surface area contributed by atoms with Gasteiger partial charge in [0.15, 0.2) is 24.1 Å². The maximum absolute atomic E-state index is 13.1. The number of rotatable bonds is 14. The zero-order valence-corrected chi connectivity index (χ0v) is 27.2. The van der Waals surface area contributed by atoms with Crippen molar-refractivity contribution in [3.63, 3.8) is 0 Å². The Labute approximate surface area is 275 Å². The summed E-state index contributed by atoms with van der Waals surface area (Å²) in [6.45, 7) is 2.64. The Hall–Kier alpha value is -2.20. The Morgan fingerprint density at radius 3 is 2.57 bits per heavy atom. The second-order valence-electron chi connectivity index (χ2n) is 12.8. The summed E-state index contributed by atoms with van der Waals surface area (Å²) in [7, 11) is 1.50. The number of hydrogen-bond donors (Lipinski definition) is 12. The van der Waals surface area contributed by atoms with Crippen molar-refractivity contribution < 1.29 is 49.3 Å². The molecule has 0 aromatic rings. The molecule has 12 atom stereocenters. The third-order valence-electron chi connectivity index (χ3n) is 8.53. The van der Waals surface area contributed by atoms with Crippen LogP contribution in [-0.2, 0) is 23.7 Å². The molecule has 4 aliphatic rings. The highest BCUT2D eigenvalue weighted by Crippen LogP contribution is 2.40. The summed E-state index contributed by atoms with van der Waals surface area (Å²) in [4.78, 5) is 17.0. The van der Waals surface area contributed by atoms with Crippen molar-refractivity contribution in [2.45, 2.75) is 124 Å². The second-order valence-corrected chi connectivity index (χ2v) is 12.8. The molecule has 2 aliphatic carbocycles. The normalized spacial score (nSPS) is 38.9. The predicted molar refractivity (Wildman–Crippen MR) is 170 cm³/mol. The fourth-order valence-electron chi connectivity index (χ4n) is 5.97. The number of nitrogens with zero attached hydrogens (tertiary/aromatic N) is 1. The number of nitrogens with two attached hydrogens (primary N) is 5. The minimum Gasteiger partial charge on any atom is -0.468 e. The lowest BCUT2D eigenvalue weighted by atomic mass is 9.83. The Morgan fingerprint density at radius 1 is 1.19 bits per heavy atom. The van der Waals surface area contributed by atoms with Crippen molar-refractivity contribution in [2.24, 2.45) is 33.7 Å². The molecule has 0 aromatic heterocycles. The fraction of sp³-hybridized carbons (Fsp3) is 0.862. The van der Waals surface area contributed by atoms with E-state index in [1.165, 1.54) is 14.0 Å². The summed E-state index contributed by atoms with van der Waals surface area (Å²) in [5.41, 5.74) is 24.2. The standard InChI is InChI=1S/C28H51N7O10.CH5N/c1-27(40)9-18(37)24(42-13-27)45-23-17(34-25(39)28(41)10-19(28)35-26(31)32)8-16(30)22(21(23)38)44-20-6-2-5-15(43-20)12-33-11-14(36)4-3-7-29;1-2/h5,14,16-24,33,36-38,40-41H,2-4,6-13,29-30H2,1H3,(H,34,39)(H4,31,32,35);2H2,1H3/t14?,16?,17?,18?,19?,20-,21?,22-,23+,24?,27-,28?;/m1./s1. The lowest BCUT2D eigenvalue weighted by molar-refractivity contribution is -0.297. The highest BCUT2D eigenvalue weighted by atomic mass is 16.7. The maximum Gasteiger partial charge on any atom is 0.254 e. The third kappa shape index (κ3) is 10.9. The predicted octanol–water partition coefficient (Wildman–Crippen LogP) is -4.75. The number of hydrogen-bond acceptors (Lipinski definition) is 15. The van der Waals surface area contributed by atoms with Crippen LogP contribution in [0.1, 0.15) is 51.9 Å². The van der Waals surface area contributed by atoms with Gasteiger partial charge in [-0.3, -0.25) is 4.79 Å². The van der Waals surface area contributed by atoms with E-state index in [0.29, 0.717) is 44.7 Å². The number of ether oxygens (including phenoxy) is 4. The van der Waals surface area contributed by atoms with E-state index in [0.717, 1.165) is 6.42 Å². The Balaban J connectivity index is 0.00000294. The largest absolute Gasteiger partial charge is 0.468 e. The molecule has 1 amide bonds. The van der Waals surface area contributed by atoms with E-state index in [2.05, 4.69) is 21.4 Å². The summed E-state index contributed by atoms with van der Waals surface area (Å²) < 4.78 is 23.8. The number of allylic oxidation sites excluding steroid dienone is 1. The van der Waals surface area contributed by atoms with Crippen molar-refractivity contribution in [3.8, 4) is 0 Å². The van der Waals surface area contributed by atoms with E-state index in [1.54, 1.807) is 0 Å². The van der Waals surface area contributed by atoms with Gasteiger partial charge in [0, 0.05) is 31.8 Å². The molecule has 18 heteroatoms. The average Bonchev–Trinajstić information content (AvgIpc) is 3.67. The van der Waals surface area contributed by atoms with Gasteiger partial charge in [0.1, 0.15) is 30.2 Å². The number of guanidine groups is 1. The van der Waals surface area contributed by atoms with Crippen LogP contribution in [0.25, 0.3) is 0 Å². The highest BCUT2D eigenvalue weighted by Gasteiger charge is 2.61. The smallest absolute Gasteiger partial charge is 0.254 e. The number of aliphatic imine (C=N–C) groups is 1. The van der Waals surface area contributed by atoms with Gasteiger partial charge in [-0.15, -0.1) is 0 Å². The number of aliphatic hydroxyl groups is 5. The van der Waals surface area contributed by atoms with Crippen molar-refractivity contribution >= 4 is 11.9 Å². The number of amides is 1. The lowest BCUT2D eigenvalue weighted by Crippen LogP contribution is -2.67. The molecule has 2 aliphatic heterocycles. The van der Waals surface area contributed by atoms with Crippen LogP contribution in [-0.4, -0.2) is 143 Å². The zero-order valence-electron chi connectivity index (χ0n) is 27.2. The van der Waals surface area contributed by atoms with Crippen LogP contribution in [0.3, 0.4) is 0 Å². The van der Waals surface area contributed by atoms with Crippen LogP contribution < -0.4 is 39.3 Å². The first-order valence-corrected chi connectivity index (χ1v) is 16.1. The van der Waals surface area contributed by atoms with Gasteiger partial charge in [-0.05, 0) is 52.3 Å². The molecule has 0 radical (unpaired) electrons. The van der Waals surface area contributed by atoms with E-state index in [9.17, 15) is 30.3 Å². The monoisotopic (exact) mass is 676 g/mol. The van der Waals surface area contributed by atoms with E-state index in [4.69, 9.17) is 41.9 Å². The van der Waals surface area contributed by atoms with Gasteiger partial charge in [-0.25, -0.2) is 4.99 Å². The van der Waals surface area contributed by atoms with Crippen LogP contribution >= 0.6 is 0 Å². The van der Waals surface area contributed by atoms with Crippen LogP contribution in [0, 0.1) is 0 Å². The van der Waals surface area contributed by atoms with E-state index in [1.807, 2.05) is 6.08 Å². The molecule has 4 rings (SSSR count). The minimum atomic E-state index is -1.84. The van der Waals surface area contributed by atoms with Gasteiger partial charge in [0.05, 0.1) is 36.9 Å². The van der Waals surface area contributed by atoms with Crippen LogP contribution in [0.4, 0.5) is 0 Å². The van der Waals surface area contributed by atoms with Gasteiger partial charge < -0.3 is 83.8 Å². The first-order valence-electron chi connectivity index (χ1n) is 16.1. The number of aliphatic hydroxyl groups excluding tert-OH is 3. The Morgan fingerprint density at radius 2 is 1.91 bits per heavy atom.